The van der Waals surface area contributed by atoms with Gasteiger partial charge in [0.15, 0.2) is 0 Å². The Morgan fingerprint density at radius 2 is 1.55 bits per heavy atom. The summed E-state index contributed by atoms with van der Waals surface area (Å²) in [6.07, 6.45) is -1.83. The first-order valence-corrected chi connectivity index (χ1v) is 6.83. The van der Waals surface area contributed by atoms with Gasteiger partial charge in [0.05, 0.1) is 26.4 Å². The normalized spacial score (nSPS) is 13.8. The Labute approximate surface area is 119 Å². The summed E-state index contributed by atoms with van der Waals surface area (Å²) in [6.45, 7) is -0.156. The number of aliphatic hydroxyl groups excluding tert-OH is 5. The summed E-state index contributed by atoms with van der Waals surface area (Å²) in [6, 6.07) is 0. The van der Waals surface area contributed by atoms with Crippen molar-refractivity contribution in [3.05, 3.63) is 0 Å². The molecule has 0 radical (unpaired) electrons. The van der Waals surface area contributed by atoms with Crippen molar-refractivity contribution in [3.63, 3.8) is 0 Å². The molecular formula is C11H25NO7P+. The Morgan fingerprint density at radius 1 is 1.10 bits per heavy atom. The molecule has 0 aliphatic heterocycles. The number of ether oxygens (including phenoxy) is 1. The summed E-state index contributed by atoms with van der Waals surface area (Å²) in [5.74, 6) is 2.62. The second-order valence-electron chi connectivity index (χ2n) is 4.53. The molecule has 0 aromatic carbocycles. The van der Waals surface area contributed by atoms with E-state index in [0.717, 1.165) is 0 Å². The number of rotatable bonds is 8. The zero-order valence-corrected chi connectivity index (χ0v) is 12.7. The molecule has 120 valence electrons. The Morgan fingerprint density at radius 3 is 1.85 bits per heavy atom. The number of quaternary nitrogens is 1. The van der Waals surface area contributed by atoms with E-state index in [1.54, 1.807) is 0 Å². The van der Waals surface area contributed by atoms with Crippen molar-refractivity contribution in [2.45, 2.75) is 12.2 Å². The summed E-state index contributed by atoms with van der Waals surface area (Å²) in [4.78, 5) is 0. The van der Waals surface area contributed by atoms with Gasteiger partial charge in [-0.1, -0.05) is 0 Å². The summed E-state index contributed by atoms with van der Waals surface area (Å²) >= 11 is 0. The number of likely N-dealkylation sites (N-methyl/N-ethyl adjacent to an activating group) is 1. The average molecular weight is 314 g/mol. The van der Waals surface area contributed by atoms with Crippen LogP contribution < -0.4 is 0 Å². The maximum atomic E-state index is 9.98. The molecule has 0 heterocycles. The Hall–Kier alpha value is -0.270. The third-order valence-electron chi connectivity index (χ3n) is 2.01. The quantitative estimate of drug-likeness (QED) is 0.258. The van der Waals surface area contributed by atoms with Gasteiger partial charge >= 0.3 is 55.1 Å². The Balaban J connectivity index is 0. The SMILES string of the molecule is C[N+](C)(C#P=O)CCO.OCC(O)COCC(O)CO. The predicted octanol–water partition coefficient (Wildman–Crippen LogP) is -2.03. The smallest absolute Gasteiger partial charge is 0.100 e. The van der Waals surface area contributed by atoms with E-state index in [1.165, 1.54) is 0 Å². The van der Waals surface area contributed by atoms with Crippen LogP contribution in [-0.4, -0.2) is 95.9 Å². The minimum Gasteiger partial charge on any atom is -0.394 e. The topological polar surface area (TPSA) is 127 Å². The van der Waals surface area contributed by atoms with Crippen LogP contribution in [0.15, 0.2) is 0 Å². The molecule has 0 amide bonds. The molecule has 0 bridgehead atoms. The van der Waals surface area contributed by atoms with Gasteiger partial charge in [-0.15, -0.1) is 0 Å². The Kier molecular flexibility index (Phi) is 15.1. The second-order valence-corrected chi connectivity index (χ2v) is 4.92. The predicted molar refractivity (Wildman–Crippen MR) is 72.6 cm³/mol. The molecule has 0 saturated heterocycles. The van der Waals surface area contributed by atoms with Crippen molar-refractivity contribution in [2.75, 3.05) is 53.7 Å². The van der Waals surface area contributed by atoms with Gasteiger partial charge in [-0.25, -0.2) is 0 Å². The third kappa shape index (κ3) is 15.8. The number of aliphatic hydroxyl groups is 5. The molecule has 0 fully saturated rings. The maximum Gasteiger partial charge on any atom is 0.100 e. The summed E-state index contributed by atoms with van der Waals surface area (Å²) in [5.41, 5.74) is 0. The Bertz CT molecular complexity index is 310. The van der Waals surface area contributed by atoms with Crippen molar-refractivity contribution in [2.24, 2.45) is 0 Å². The molecule has 20 heavy (non-hydrogen) atoms. The first kappa shape index (κ1) is 22.0. The van der Waals surface area contributed by atoms with Crippen LogP contribution in [-0.2, 0) is 9.30 Å². The molecule has 0 aliphatic rings. The van der Waals surface area contributed by atoms with Crippen LogP contribution >= 0.6 is 7.92 Å². The van der Waals surface area contributed by atoms with Crippen LogP contribution in [0.5, 0.6) is 0 Å². The van der Waals surface area contributed by atoms with Crippen molar-refractivity contribution in [1.82, 2.24) is 0 Å². The maximum absolute atomic E-state index is 9.98. The molecule has 0 aliphatic carbocycles. The molecule has 0 aromatic heterocycles. The van der Waals surface area contributed by atoms with E-state index in [4.69, 9.17) is 30.3 Å². The fourth-order valence-electron chi connectivity index (χ4n) is 0.856. The van der Waals surface area contributed by atoms with Gasteiger partial charge in [-0.3, -0.25) is 0 Å². The average Bonchev–Trinajstić information content (AvgIpc) is 2.38. The zero-order valence-electron chi connectivity index (χ0n) is 11.8. The van der Waals surface area contributed by atoms with Crippen molar-refractivity contribution in [1.29, 1.82) is 0 Å². The molecule has 2 atom stereocenters. The van der Waals surface area contributed by atoms with E-state index in [-0.39, 0.29) is 41.0 Å². The van der Waals surface area contributed by atoms with Gasteiger partial charge in [0.2, 0.25) is 0 Å². The van der Waals surface area contributed by atoms with E-state index in [1.807, 2.05) is 14.1 Å². The fourth-order valence-corrected chi connectivity index (χ4v) is 1.18. The molecule has 0 aromatic rings. The van der Waals surface area contributed by atoms with Gasteiger partial charge in [0.1, 0.15) is 12.2 Å². The minimum absolute atomic E-state index is 0.0342. The summed E-state index contributed by atoms with van der Waals surface area (Å²) in [7, 11) is 3.54. The standard InChI is InChI=1S/C6H14O5.C5H11NO2P/c7-1-5(9)3-11-4-6(10)2-8;1-6(2,3-4-7)5-9-8/h5-10H,1-4H2;7H,3-4H2,1-2H3/q;+1. The van der Waals surface area contributed by atoms with Gasteiger partial charge in [0.25, 0.3) is 0 Å². The third-order valence-corrected chi connectivity index (χ3v) is 2.64. The molecular weight excluding hydrogens is 289 g/mol. The molecule has 2 unspecified atom stereocenters. The summed E-state index contributed by atoms with van der Waals surface area (Å²) < 4.78 is 15.1. The molecule has 0 spiro atoms. The van der Waals surface area contributed by atoms with Crippen molar-refractivity contribution >= 4 is 7.92 Å². The van der Waals surface area contributed by atoms with Gasteiger partial charge in [0, 0.05) is 0 Å². The van der Waals surface area contributed by atoms with Crippen molar-refractivity contribution < 1.29 is 39.3 Å². The van der Waals surface area contributed by atoms with E-state index >= 15 is 0 Å². The van der Waals surface area contributed by atoms with Crippen LogP contribution in [0.1, 0.15) is 0 Å². The minimum atomic E-state index is -0.916. The second kappa shape index (κ2) is 13.7. The zero-order chi connectivity index (χ0) is 16.0. The molecule has 0 rings (SSSR count). The largest absolute Gasteiger partial charge is 0.394 e. The fraction of sp³-hybridized carbons (Fsp3) is 0.909. The molecule has 8 nitrogen and oxygen atoms in total. The van der Waals surface area contributed by atoms with Crippen LogP contribution in [0.3, 0.4) is 0 Å². The monoisotopic (exact) mass is 314 g/mol. The van der Waals surface area contributed by atoms with Gasteiger partial charge in [-0.2, -0.15) is 0 Å². The van der Waals surface area contributed by atoms with Gasteiger partial charge in [-0.05, 0) is 0 Å². The van der Waals surface area contributed by atoms with Crippen LogP contribution in [0.2, 0.25) is 0 Å². The van der Waals surface area contributed by atoms with Crippen molar-refractivity contribution in [3.8, 4) is 5.75 Å². The van der Waals surface area contributed by atoms with E-state index in [9.17, 15) is 4.57 Å². The molecule has 9 heteroatoms. The van der Waals surface area contributed by atoms with E-state index < -0.39 is 12.2 Å². The van der Waals surface area contributed by atoms with E-state index in [0.29, 0.717) is 11.0 Å². The number of nitrogens with zero attached hydrogens (tertiary/aromatic N) is 1. The van der Waals surface area contributed by atoms with Crippen LogP contribution in [0, 0.1) is 5.75 Å². The first-order valence-electron chi connectivity index (χ1n) is 6.02. The number of hydrogen-bond donors (Lipinski definition) is 5. The first-order chi connectivity index (χ1) is 9.32. The summed E-state index contributed by atoms with van der Waals surface area (Å²) in [5, 5.41) is 42.5. The number of hydrogen-bond acceptors (Lipinski definition) is 7. The van der Waals surface area contributed by atoms with Gasteiger partial charge < -0.3 is 25.2 Å². The van der Waals surface area contributed by atoms with E-state index in [2.05, 4.69) is 5.75 Å². The molecule has 0 saturated carbocycles. The van der Waals surface area contributed by atoms with Crippen LogP contribution in [0.25, 0.3) is 0 Å². The molecule has 5 N–H and O–H groups in total. The van der Waals surface area contributed by atoms with Crippen LogP contribution in [0.4, 0.5) is 0 Å².